The maximum atomic E-state index is 12.4. The summed E-state index contributed by atoms with van der Waals surface area (Å²) in [5.74, 6) is -0.199. The molecule has 22 heavy (non-hydrogen) atoms. The van der Waals surface area contributed by atoms with E-state index in [2.05, 4.69) is 5.32 Å². The first-order chi connectivity index (χ1) is 10.7. The van der Waals surface area contributed by atoms with Crippen LogP contribution in [-0.2, 0) is 9.53 Å². The van der Waals surface area contributed by atoms with Gasteiger partial charge in [0.2, 0.25) is 5.91 Å². The second-order valence-electron chi connectivity index (χ2n) is 5.05. The topological polar surface area (TPSA) is 82.4 Å². The van der Waals surface area contributed by atoms with E-state index < -0.39 is 0 Å². The number of carbonyl (C=O) groups is 2. The summed E-state index contributed by atoms with van der Waals surface area (Å²) in [7, 11) is 0. The van der Waals surface area contributed by atoms with Crippen molar-refractivity contribution in [3.05, 3.63) is 29.8 Å². The van der Waals surface area contributed by atoms with Crippen LogP contribution in [0.15, 0.2) is 24.3 Å². The Morgan fingerprint density at radius 2 is 2.09 bits per heavy atom. The van der Waals surface area contributed by atoms with Gasteiger partial charge in [-0.1, -0.05) is 6.07 Å². The molecular formula is C16H19N3O3. The molecule has 0 atom stereocenters. The van der Waals surface area contributed by atoms with Crippen molar-refractivity contribution in [2.45, 2.75) is 19.3 Å². The van der Waals surface area contributed by atoms with E-state index in [1.165, 1.54) is 0 Å². The fraction of sp³-hybridized carbons (Fsp3) is 0.438. The van der Waals surface area contributed by atoms with Crippen LogP contribution in [0.5, 0.6) is 0 Å². The number of anilines is 1. The number of hydrogen-bond donors (Lipinski definition) is 1. The molecule has 116 valence electrons. The van der Waals surface area contributed by atoms with Crippen LogP contribution in [0.1, 0.15) is 29.6 Å². The molecule has 0 radical (unpaired) electrons. The molecule has 0 spiro atoms. The van der Waals surface area contributed by atoms with Crippen LogP contribution in [0.3, 0.4) is 0 Å². The van der Waals surface area contributed by atoms with Crippen molar-refractivity contribution in [3.63, 3.8) is 0 Å². The van der Waals surface area contributed by atoms with E-state index in [0.717, 1.165) is 0 Å². The van der Waals surface area contributed by atoms with Crippen LogP contribution in [0.25, 0.3) is 0 Å². The average molecular weight is 301 g/mol. The standard InChI is InChI=1S/C16H19N3O3/c17-7-2-1-6-15(20)18-14-5-3-4-13(12-14)16(21)19-8-10-22-11-9-19/h3-5,12H,1-2,6,8-11H2,(H,18,20). The Hall–Kier alpha value is -2.39. The molecule has 0 aliphatic carbocycles. The van der Waals surface area contributed by atoms with Crippen molar-refractivity contribution in [3.8, 4) is 6.07 Å². The summed E-state index contributed by atoms with van der Waals surface area (Å²) >= 11 is 0. The number of nitrogens with zero attached hydrogens (tertiary/aromatic N) is 2. The van der Waals surface area contributed by atoms with Crippen molar-refractivity contribution in [2.24, 2.45) is 0 Å². The maximum absolute atomic E-state index is 12.4. The minimum atomic E-state index is -0.147. The summed E-state index contributed by atoms with van der Waals surface area (Å²) in [6.07, 6.45) is 1.20. The van der Waals surface area contributed by atoms with Crippen LogP contribution in [0.4, 0.5) is 5.69 Å². The van der Waals surface area contributed by atoms with Gasteiger partial charge in [0.05, 0.1) is 19.3 Å². The van der Waals surface area contributed by atoms with E-state index >= 15 is 0 Å². The number of morpholine rings is 1. The van der Waals surface area contributed by atoms with Crippen LogP contribution in [0.2, 0.25) is 0 Å². The molecule has 1 aromatic carbocycles. The predicted molar refractivity (Wildman–Crippen MR) is 81.3 cm³/mol. The number of nitriles is 1. The van der Waals surface area contributed by atoms with Gasteiger partial charge in [-0.15, -0.1) is 0 Å². The number of benzene rings is 1. The molecule has 1 N–H and O–H groups in total. The zero-order valence-electron chi connectivity index (χ0n) is 12.4. The molecule has 1 aliphatic rings. The van der Waals surface area contributed by atoms with Gasteiger partial charge in [-0.05, 0) is 24.6 Å². The monoisotopic (exact) mass is 301 g/mol. The summed E-state index contributed by atoms with van der Waals surface area (Å²) in [5.41, 5.74) is 1.15. The smallest absolute Gasteiger partial charge is 0.254 e. The number of nitrogens with one attached hydrogen (secondary N) is 1. The molecule has 2 amide bonds. The first kappa shape index (κ1) is 16.0. The maximum Gasteiger partial charge on any atom is 0.254 e. The molecule has 6 heteroatoms. The highest BCUT2D eigenvalue weighted by atomic mass is 16.5. The van der Waals surface area contributed by atoms with Crippen molar-refractivity contribution >= 4 is 17.5 Å². The number of unbranched alkanes of at least 4 members (excludes halogenated alkanes) is 1. The van der Waals surface area contributed by atoms with Crippen molar-refractivity contribution < 1.29 is 14.3 Å². The van der Waals surface area contributed by atoms with Crippen molar-refractivity contribution in [1.29, 1.82) is 5.26 Å². The molecule has 1 saturated heterocycles. The molecule has 1 fully saturated rings. The molecular weight excluding hydrogens is 282 g/mol. The molecule has 1 aliphatic heterocycles. The van der Waals surface area contributed by atoms with Gasteiger partial charge in [0.1, 0.15) is 0 Å². The van der Waals surface area contributed by atoms with Crippen molar-refractivity contribution in [1.82, 2.24) is 4.90 Å². The SMILES string of the molecule is N#CCCCC(=O)Nc1cccc(C(=O)N2CCOCC2)c1. The Kier molecular flexibility index (Phi) is 5.92. The van der Waals surface area contributed by atoms with Gasteiger partial charge in [-0.2, -0.15) is 5.26 Å². The molecule has 2 rings (SSSR count). The minimum absolute atomic E-state index is 0.0520. The molecule has 1 aromatic rings. The fourth-order valence-corrected chi connectivity index (χ4v) is 2.23. The van der Waals surface area contributed by atoms with E-state index in [-0.39, 0.29) is 11.8 Å². The van der Waals surface area contributed by atoms with Gasteiger partial charge in [-0.3, -0.25) is 9.59 Å². The van der Waals surface area contributed by atoms with Gasteiger partial charge in [0, 0.05) is 37.2 Å². The summed E-state index contributed by atoms with van der Waals surface area (Å²) in [5, 5.41) is 11.2. The van der Waals surface area contributed by atoms with Crippen molar-refractivity contribution in [2.75, 3.05) is 31.6 Å². The van der Waals surface area contributed by atoms with Gasteiger partial charge < -0.3 is 15.0 Å². The van der Waals surface area contributed by atoms with Gasteiger partial charge in [0.15, 0.2) is 0 Å². The van der Waals surface area contributed by atoms with Crippen LogP contribution < -0.4 is 5.32 Å². The Labute approximate surface area is 129 Å². The first-order valence-corrected chi connectivity index (χ1v) is 7.34. The Bertz CT molecular complexity index is 574. The lowest BCUT2D eigenvalue weighted by molar-refractivity contribution is -0.116. The summed E-state index contributed by atoms with van der Waals surface area (Å²) < 4.78 is 5.24. The predicted octanol–water partition coefficient (Wildman–Crippen LogP) is 1.79. The van der Waals surface area contributed by atoms with E-state index in [1.807, 2.05) is 6.07 Å². The summed E-state index contributed by atoms with van der Waals surface area (Å²) in [6.45, 7) is 2.29. The lowest BCUT2D eigenvalue weighted by Crippen LogP contribution is -2.40. The highest BCUT2D eigenvalue weighted by Crippen LogP contribution is 2.14. The van der Waals surface area contributed by atoms with Gasteiger partial charge in [0.25, 0.3) is 5.91 Å². The van der Waals surface area contributed by atoms with E-state index in [4.69, 9.17) is 10.00 Å². The van der Waals surface area contributed by atoms with Crippen LogP contribution in [-0.4, -0.2) is 43.0 Å². The highest BCUT2D eigenvalue weighted by Gasteiger charge is 2.18. The molecule has 0 unspecified atom stereocenters. The molecule has 1 heterocycles. The summed E-state index contributed by atoms with van der Waals surface area (Å²) in [6, 6.07) is 8.92. The minimum Gasteiger partial charge on any atom is -0.378 e. The van der Waals surface area contributed by atoms with Gasteiger partial charge in [-0.25, -0.2) is 0 Å². The number of amides is 2. The zero-order valence-corrected chi connectivity index (χ0v) is 12.4. The molecule has 0 saturated carbocycles. The van der Waals surface area contributed by atoms with Crippen LogP contribution in [0, 0.1) is 11.3 Å². The number of hydrogen-bond acceptors (Lipinski definition) is 4. The normalized spacial score (nSPS) is 14.2. The first-order valence-electron chi connectivity index (χ1n) is 7.34. The highest BCUT2D eigenvalue weighted by molar-refractivity contribution is 5.97. The number of carbonyl (C=O) groups excluding carboxylic acids is 2. The number of ether oxygens (including phenoxy) is 1. The van der Waals surface area contributed by atoms with Crippen LogP contribution >= 0.6 is 0 Å². The van der Waals surface area contributed by atoms with E-state index in [1.54, 1.807) is 29.2 Å². The second kappa shape index (κ2) is 8.15. The zero-order chi connectivity index (χ0) is 15.8. The van der Waals surface area contributed by atoms with E-state index in [0.29, 0.717) is 56.8 Å². The molecule has 0 bridgehead atoms. The summed E-state index contributed by atoms with van der Waals surface area (Å²) in [4.78, 5) is 25.9. The Morgan fingerprint density at radius 1 is 1.32 bits per heavy atom. The van der Waals surface area contributed by atoms with Gasteiger partial charge >= 0.3 is 0 Å². The Morgan fingerprint density at radius 3 is 2.82 bits per heavy atom. The third-order valence-corrected chi connectivity index (χ3v) is 3.38. The lowest BCUT2D eigenvalue weighted by Gasteiger charge is -2.27. The largest absolute Gasteiger partial charge is 0.378 e. The molecule has 6 nitrogen and oxygen atoms in total. The third-order valence-electron chi connectivity index (χ3n) is 3.38. The van der Waals surface area contributed by atoms with E-state index in [9.17, 15) is 9.59 Å². The lowest BCUT2D eigenvalue weighted by atomic mass is 10.1. The second-order valence-corrected chi connectivity index (χ2v) is 5.05. The third kappa shape index (κ3) is 4.57. The molecule has 0 aromatic heterocycles. The average Bonchev–Trinajstić information content (AvgIpc) is 2.55. The number of rotatable bonds is 5. The fourth-order valence-electron chi connectivity index (χ4n) is 2.23. The Balaban J connectivity index is 1.95. The quantitative estimate of drug-likeness (QED) is 0.841.